The Morgan fingerprint density at radius 1 is 1.00 bits per heavy atom. The molecule has 0 aliphatic heterocycles. The Labute approximate surface area is 125 Å². The van der Waals surface area contributed by atoms with Crippen LogP contribution in [0.4, 0.5) is 0 Å². The second-order valence-corrected chi connectivity index (χ2v) is 5.37. The van der Waals surface area contributed by atoms with Gasteiger partial charge in [-0.1, -0.05) is 30.3 Å². The van der Waals surface area contributed by atoms with Crippen LogP contribution in [0.2, 0.25) is 0 Å². The summed E-state index contributed by atoms with van der Waals surface area (Å²) in [4.78, 5) is 0. The van der Waals surface area contributed by atoms with Gasteiger partial charge < -0.3 is 9.47 Å². The topological polar surface area (TPSA) is 18.5 Å². The molecule has 0 bridgehead atoms. The van der Waals surface area contributed by atoms with Gasteiger partial charge in [0.1, 0.15) is 11.5 Å². The fourth-order valence-electron chi connectivity index (χ4n) is 1.96. The molecule has 0 N–H and O–H groups in total. The highest BCUT2D eigenvalue weighted by molar-refractivity contribution is 7.97. The van der Waals surface area contributed by atoms with Crippen molar-refractivity contribution in [2.24, 2.45) is 0 Å². The minimum absolute atomic E-state index is 0.706. The summed E-state index contributed by atoms with van der Waals surface area (Å²) in [7, 11) is 1.70. The molecule has 2 nitrogen and oxygen atoms in total. The number of ether oxygens (including phenoxy) is 2. The zero-order chi connectivity index (χ0) is 14.2. The van der Waals surface area contributed by atoms with E-state index in [9.17, 15) is 0 Å². The van der Waals surface area contributed by atoms with E-state index in [-0.39, 0.29) is 0 Å². The Bertz CT molecular complexity index is 540. The van der Waals surface area contributed by atoms with E-state index in [2.05, 4.69) is 24.3 Å². The molecule has 2 rings (SSSR count). The highest BCUT2D eigenvalue weighted by Crippen LogP contribution is 2.26. The molecule has 0 spiro atoms. The smallest absolute Gasteiger partial charge is 0.123 e. The van der Waals surface area contributed by atoms with Crippen LogP contribution in [0.1, 0.15) is 18.1 Å². The number of rotatable bonds is 7. The average molecular weight is 288 g/mol. The average Bonchev–Trinajstić information content (AvgIpc) is 2.49. The van der Waals surface area contributed by atoms with Gasteiger partial charge in [-0.05, 0) is 30.7 Å². The lowest BCUT2D eigenvalue weighted by Crippen LogP contribution is -1.95. The Morgan fingerprint density at radius 3 is 2.65 bits per heavy atom. The van der Waals surface area contributed by atoms with Crippen molar-refractivity contribution in [1.82, 2.24) is 0 Å². The Hall–Kier alpha value is -1.61. The van der Waals surface area contributed by atoms with Crippen molar-refractivity contribution in [3.05, 3.63) is 59.7 Å². The van der Waals surface area contributed by atoms with E-state index in [0.29, 0.717) is 6.61 Å². The van der Waals surface area contributed by atoms with Crippen LogP contribution in [-0.4, -0.2) is 13.7 Å². The van der Waals surface area contributed by atoms with Gasteiger partial charge in [0.05, 0.1) is 13.7 Å². The monoisotopic (exact) mass is 288 g/mol. The summed E-state index contributed by atoms with van der Waals surface area (Å²) in [6, 6.07) is 16.5. The predicted octanol–water partition coefficient (Wildman–Crippen LogP) is 4.53. The first-order chi connectivity index (χ1) is 9.83. The second-order valence-electron chi connectivity index (χ2n) is 4.39. The summed E-state index contributed by atoms with van der Waals surface area (Å²) in [6.07, 6.45) is 0. The number of hydrogen-bond donors (Lipinski definition) is 0. The molecule has 0 unspecified atom stereocenters. The van der Waals surface area contributed by atoms with E-state index in [1.54, 1.807) is 7.11 Å². The summed E-state index contributed by atoms with van der Waals surface area (Å²) in [6.45, 7) is 2.72. The van der Waals surface area contributed by atoms with E-state index >= 15 is 0 Å². The van der Waals surface area contributed by atoms with Crippen LogP contribution in [0, 0.1) is 0 Å². The summed E-state index contributed by atoms with van der Waals surface area (Å²) in [5, 5.41) is 0. The van der Waals surface area contributed by atoms with Gasteiger partial charge in [-0.15, -0.1) is 0 Å². The lowest BCUT2D eigenvalue weighted by Gasteiger charge is -2.10. The molecule has 20 heavy (non-hydrogen) atoms. The molecule has 0 aromatic heterocycles. The molecule has 0 heterocycles. The predicted molar refractivity (Wildman–Crippen MR) is 85.6 cm³/mol. The van der Waals surface area contributed by atoms with E-state index in [1.165, 1.54) is 11.1 Å². The van der Waals surface area contributed by atoms with Crippen molar-refractivity contribution in [3.8, 4) is 11.5 Å². The van der Waals surface area contributed by atoms with Crippen LogP contribution in [0.5, 0.6) is 11.5 Å². The summed E-state index contributed by atoms with van der Waals surface area (Å²) in [5.74, 6) is 3.83. The summed E-state index contributed by atoms with van der Waals surface area (Å²) >= 11 is 1.88. The molecule has 0 amide bonds. The SMILES string of the molecule is CCOc1ccccc1CSCc1cccc(OC)c1. The maximum Gasteiger partial charge on any atom is 0.123 e. The van der Waals surface area contributed by atoms with Gasteiger partial charge in [0.2, 0.25) is 0 Å². The normalized spacial score (nSPS) is 10.3. The molecule has 3 heteroatoms. The number of hydrogen-bond acceptors (Lipinski definition) is 3. The molecule has 0 aliphatic rings. The largest absolute Gasteiger partial charge is 0.497 e. The molecule has 2 aromatic carbocycles. The van der Waals surface area contributed by atoms with Crippen molar-refractivity contribution in [2.75, 3.05) is 13.7 Å². The number of methoxy groups -OCH3 is 1. The van der Waals surface area contributed by atoms with E-state index in [4.69, 9.17) is 9.47 Å². The molecule has 0 saturated heterocycles. The highest BCUT2D eigenvalue weighted by Gasteiger charge is 2.03. The second kappa shape index (κ2) is 7.85. The maximum absolute atomic E-state index is 5.64. The van der Waals surface area contributed by atoms with Gasteiger partial charge in [0, 0.05) is 17.1 Å². The van der Waals surface area contributed by atoms with Gasteiger partial charge in [-0.25, -0.2) is 0 Å². The van der Waals surface area contributed by atoms with Crippen molar-refractivity contribution in [3.63, 3.8) is 0 Å². The standard InChI is InChI=1S/C17H20O2S/c1-3-19-17-10-5-4-8-15(17)13-20-12-14-7-6-9-16(11-14)18-2/h4-11H,3,12-13H2,1-2H3. The van der Waals surface area contributed by atoms with Gasteiger partial charge in [-0.2, -0.15) is 11.8 Å². The first-order valence-electron chi connectivity index (χ1n) is 6.75. The minimum atomic E-state index is 0.706. The van der Waals surface area contributed by atoms with E-state index in [1.807, 2.05) is 43.0 Å². The van der Waals surface area contributed by atoms with Crippen molar-refractivity contribution in [1.29, 1.82) is 0 Å². The Morgan fingerprint density at radius 2 is 1.85 bits per heavy atom. The van der Waals surface area contributed by atoms with Crippen LogP contribution in [0.3, 0.4) is 0 Å². The lowest BCUT2D eigenvalue weighted by molar-refractivity contribution is 0.337. The number of para-hydroxylation sites is 1. The van der Waals surface area contributed by atoms with Gasteiger partial charge >= 0.3 is 0 Å². The van der Waals surface area contributed by atoms with Crippen LogP contribution >= 0.6 is 11.8 Å². The fourth-order valence-corrected chi connectivity index (χ4v) is 2.94. The molecule has 0 radical (unpaired) electrons. The minimum Gasteiger partial charge on any atom is -0.497 e. The first kappa shape index (κ1) is 14.8. The molecule has 0 atom stereocenters. The molecule has 106 valence electrons. The van der Waals surface area contributed by atoms with E-state index < -0.39 is 0 Å². The van der Waals surface area contributed by atoms with Crippen LogP contribution in [-0.2, 0) is 11.5 Å². The molecule has 0 aliphatic carbocycles. The number of benzene rings is 2. The zero-order valence-corrected chi connectivity index (χ0v) is 12.8. The molecule has 2 aromatic rings. The third-order valence-electron chi connectivity index (χ3n) is 2.93. The van der Waals surface area contributed by atoms with Gasteiger partial charge in [-0.3, -0.25) is 0 Å². The number of thioether (sulfide) groups is 1. The summed E-state index contributed by atoms with van der Waals surface area (Å²) < 4.78 is 10.9. The molecule has 0 fully saturated rings. The third-order valence-corrected chi connectivity index (χ3v) is 3.99. The Kier molecular flexibility index (Phi) is 5.81. The lowest BCUT2D eigenvalue weighted by atomic mass is 10.2. The Balaban J connectivity index is 1.92. The van der Waals surface area contributed by atoms with Crippen molar-refractivity contribution in [2.45, 2.75) is 18.4 Å². The first-order valence-corrected chi connectivity index (χ1v) is 7.90. The van der Waals surface area contributed by atoms with Crippen LogP contribution in [0.15, 0.2) is 48.5 Å². The summed E-state index contributed by atoms with van der Waals surface area (Å²) in [5.41, 5.74) is 2.53. The van der Waals surface area contributed by atoms with E-state index in [0.717, 1.165) is 23.0 Å². The zero-order valence-electron chi connectivity index (χ0n) is 12.0. The fraction of sp³-hybridized carbons (Fsp3) is 0.294. The van der Waals surface area contributed by atoms with Crippen molar-refractivity contribution < 1.29 is 9.47 Å². The van der Waals surface area contributed by atoms with Crippen LogP contribution < -0.4 is 9.47 Å². The third kappa shape index (κ3) is 4.20. The molecule has 0 saturated carbocycles. The van der Waals surface area contributed by atoms with Gasteiger partial charge in [0.25, 0.3) is 0 Å². The highest BCUT2D eigenvalue weighted by atomic mass is 32.2. The quantitative estimate of drug-likeness (QED) is 0.746. The van der Waals surface area contributed by atoms with Crippen molar-refractivity contribution >= 4 is 11.8 Å². The molecular formula is C17H20O2S. The van der Waals surface area contributed by atoms with Gasteiger partial charge in [0.15, 0.2) is 0 Å². The van der Waals surface area contributed by atoms with Crippen LogP contribution in [0.25, 0.3) is 0 Å². The maximum atomic E-state index is 5.64. The molecular weight excluding hydrogens is 268 g/mol.